The Morgan fingerprint density at radius 1 is 1.02 bits per heavy atom. The fourth-order valence-electron chi connectivity index (χ4n) is 6.85. The number of carboxylic acids is 1. The number of alkyl halides is 3. The average Bonchev–Trinajstić information content (AvgIpc) is 3.85. The molecule has 1 aliphatic heterocycles. The minimum atomic E-state index is -4.77. The summed E-state index contributed by atoms with van der Waals surface area (Å²) in [7, 11) is 3.44. The quantitative estimate of drug-likeness (QED) is 0.257. The molecule has 2 aromatic carbocycles. The number of carbonyl (C=O) groups is 2. The van der Waals surface area contributed by atoms with Gasteiger partial charge >= 0.3 is 12.1 Å². The van der Waals surface area contributed by atoms with E-state index >= 15 is 4.39 Å². The molecule has 2 atom stereocenters. The molecule has 1 amide bonds. The van der Waals surface area contributed by atoms with Crippen molar-refractivity contribution >= 4 is 11.9 Å². The monoisotopic (exact) mass is 669 g/mol. The summed E-state index contributed by atoms with van der Waals surface area (Å²) in [6.45, 7) is 2.30. The number of pyridine rings is 1. The highest BCUT2D eigenvalue weighted by Crippen LogP contribution is 2.43. The van der Waals surface area contributed by atoms with Crippen LogP contribution in [0.3, 0.4) is 0 Å². The van der Waals surface area contributed by atoms with Crippen molar-refractivity contribution in [3.63, 3.8) is 0 Å². The highest BCUT2D eigenvalue weighted by molar-refractivity contribution is 5.82. The van der Waals surface area contributed by atoms with Gasteiger partial charge in [-0.2, -0.15) is 13.2 Å². The van der Waals surface area contributed by atoms with E-state index < -0.39 is 53.5 Å². The number of aromatic nitrogens is 1. The van der Waals surface area contributed by atoms with E-state index in [-0.39, 0.29) is 30.5 Å². The number of aliphatic carboxylic acids is 1. The first-order chi connectivity index (χ1) is 22.7. The number of carbonyl (C=O) groups excluding carboxylic acids is 1. The molecule has 2 bridgehead atoms. The number of likely N-dealkylation sites (N-methyl/N-ethyl adjacent to an activating group) is 1. The molecular weight excluding hydrogens is 626 g/mol. The van der Waals surface area contributed by atoms with E-state index in [0.717, 1.165) is 59.6 Å². The molecule has 1 aromatic heterocycles. The molecular formula is C37H43F4N3O4. The standard InChI is InChI=1S/C37H43F4N3O4/c1-22-16-27(23-10-11-23)17-24-8-6-4-5-7-9-32(44-21-26(14-15-43(2)3)29(19-33(44)45)37(39,40)41)36(48)42-31(20-34(46)47)28-18-25(35(22)24)12-13-30(28)38/h12-13,16-19,21,23,31-32H,4-11,14-15,20H2,1-3H3,(H,42,48)(H,46,47)/t31-,32-/m0/s1. The number of carboxylic acid groups (broad SMARTS) is 1. The van der Waals surface area contributed by atoms with Crippen LogP contribution in [0.4, 0.5) is 17.6 Å². The highest BCUT2D eigenvalue weighted by Gasteiger charge is 2.36. The van der Waals surface area contributed by atoms with Gasteiger partial charge in [-0.3, -0.25) is 14.4 Å². The molecule has 48 heavy (non-hydrogen) atoms. The van der Waals surface area contributed by atoms with Crippen molar-refractivity contribution in [2.75, 3.05) is 20.6 Å². The van der Waals surface area contributed by atoms with Crippen LogP contribution in [-0.2, 0) is 28.6 Å². The maximum Gasteiger partial charge on any atom is 0.416 e. The predicted octanol–water partition coefficient (Wildman–Crippen LogP) is 7.34. The van der Waals surface area contributed by atoms with Crippen LogP contribution in [0.5, 0.6) is 0 Å². The number of amides is 1. The fraction of sp³-hybridized carbons (Fsp3) is 0.486. The first kappa shape index (κ1) is 35.3. The van der Waals surface area contributed by atoms with Crippen molar-refractivity contribution in [2.24, 2.45) is 0 Å². The molecule has 1 saturated carbocycles. The molecule has 0 radical (unpaired) electrons. The molecule has 1 fully saturated rings. The minimum absolute atomic E-state index is 0.0140. The third-order valence-electron chi connectivity index (χ3n) is 9.45. The number of nitrogens with zero attached hydrogens (tertiary/aromatic N) is 2. The molecule has 3 aromatic rings. The van der Waals surface area contributed by atoms with Gasteiger partial charge in [0.05, 0.1) is 18.0 Å². The number of fused-ring (bicyclic) bond motifs is 4. The molecule has 11 heteroatoms. The number of rotatable bonds is 7. The lowest BCUT2D eigenvalue weighted by molar-refractivity contribution is -0.139. The average molecular weight is 670 g/mol. The van der Waals surface area contributed by atoms with Crippen molar-refractivity contribution in [1.29, 1.82) is 0 Å². The highest BCUT2D eigenvalue weighted by atomic mass is 19.4. The first-order valence-corrected chi connectivity index (χ1v) is 16.6. The van der Waals surface area contributed by atoms with E-state index in [9.17, 15) is 32.7 Å². The van der Waals surface area contributed by atoms with Gasteiger partial charge in [0.25, 0.3) is 5.56 Å². The Balaban J connectivity index is 1.58. The predicted molar refractivity (Wildman–Crippen MR) is 175 cm³/mol. The Morgan fingerprint density at radius 2 is 1.75 bits per heavy atom. The lowest BCUT2D eigenvalue weighted by Gasteiger charge is -2.26. The smallest absolute Gasteiger partial charge is 0.416 e. The molecule has 0 saturated heterocycles. The summed E-state index contributed by atoms with van der Waals surface area (Å²) in [5.74, 6) is -2.19. The molecule has 1 aliphatic carbocycles. The summed E-state index contributed by atoms with van der Waals surface area (Å²) >= 11 is 0. The first-order valence-electron chi connectivity index (χ1n) is 16.6. The summed E-state index contributed by atoms with van der Waals surface area (Å²) in [5, 5.41) is 12.5. The van der Waals surface area contributed by atoms with Gasteiger partial charge in [-0.15, -0.1) is 0 Å². The van der Waals surface area contributed by atoms with E-state index in [1.165, 1.54) is 11.6 Å². The second-order valence-electron chi connectivity index (χ2n) is 13.5. The summed E-state index contributed by atoms with van der Waals surface area (Å²) in [5.41, 5.74) is 2.97. The van der Waals surface area contributed by atoms with E-state index in [1.807, 2.05) is 6.92 Å². The second kappa shape index (κ2) is 14.6. The van der Waals surface area contributed by atoms with Crippen molar-refractivity contribution in [2.45, 2.75) is 95.3 Å². The Bertz CT molecular complexity index is 1730. The van der Waals surface area contributed by atoms with Crippen LogP contribution in [0.15, 0.2) is 47.4 Å². The van der Waals surface area contributed by atoms with Crippen LogP contribution >= 0.6 is 0 Å². The Morgan fingerprint density at radius 3 is 2.42 bits per heavy atom. The number of nitrogens with one attached hydrogen (secondary N) is 1. The van der Waals surface area contributed by atoms with Gasteiger partial charge in [-0.05, 0) is 111 Å². The van der Waals surface area contributed by atoms with Crippen LogP contribution in [0.25, 0.3) is 11.1 Å². The summed E-state index contributed by atoms with van der Waals surface area (Å²) in [6, 6.07) is 6.93. The fourth-order valence-corrected chi connectivity index (χ4v) is 6.85. The zero-order chi connectivity index (χ0) is 34.7. The number of hydrogen-bond acceptors (Lipinski definition) is 4. The lowest BCUT2D eigenvalue weighted by Crippen LogP contribution is -2.40. The van der Waals surface area contributed by atoms with Crippen LogP contribution in [0, 0.1) is 12.7 Å². The van der Waals surface area contributed by atoms with Crippen LogP contribution in [0.1, 0.15) is 103 Å². The Kier molecular flexibility index (Phi) is 10.8. The summed E-state index contributed by atoms with van der Waals surface area (Å²) in [6.07, 6.45) is 1.78. The number of aryl methyl sites for hydroxylation is 2. The Labute approximate surface area is 278 Å². The topological polar surface area (TPSA) is 91.6 Å². The minimum Gasteiger partial charge on any atom is -0.481 e. The number of benzene rings is 2. The van der Waals surface area contributed by atoms with Gasteiger partial charge < -0.3 is 19.9 Å². The maximum absolute atomic E-state index is 15.6. The van der Waals surface area contributed by atoms with Crippen LogP contribution < -0.4 is 10.9 Å². The molecule has 2 N–H and O–H groups in total. The second-order valence-corrected chi connectivity index (χ2v) is 13.5. The van der Waals surface area contributed by atoms with Gasteiger partial charge in [0.15, 0.2) is 0 Å². The van der Waals surface area contributed by atoms with Gasteiger partial charge in [0.2, 0.25) is 5.91 Å². The normalized spacial score (nSPS) is 19.3. The number of hydrogen-bond donors (Lipinski definition) is 2. The number of halogens is 4. The van der Waals surface area contributed by atoms with Crippen molar-refractivity contribution in [3.8, 4) is 11.1 Å². The SMILES string of the molecule is Cc1cc(C2CC2)cc2c1-c1ccc(F)c(c1)[C@H](CC(=O)O)NC(=O)[C@@H](n1cc(CCN(C)C)c(C(F)(F)F)cc1=O)CCCCCC2. The van der Waals surface area contributed by atoms with Crippen molar-refractivity contribution in [1.82, 2.24) is 14.8 Å². The Hall–Kier alpha value is -3.99. The maximum atomic E-state index is 15.6. The van der Waals surface area contributed by atoms with Gasteiger partial charge in [0, 0.05) is 24.4 Å². The van der Waals surface area contributed by atoms with Gasteiger partial charge in [0.1, 0.15) is 11.9 Å². The molecule has 258 valence electrons. The zero-order valence-corrected chi connectivity index (χ0v) is 27.6. The zero-order valence-electron chi connectivity index (χ0n) is 27.6. The van der Waals surface area contributed by atoms with Crippen molar-refractivity contribution in [3.05, 3.63) is 92.1 Å². The molecule has 2 heterocycles. The summed E-state index contributed by atoms with van der Waals surface area (Å²) < 4.78 is 58.5. The molecule has 0 unspecified atom stereocenters. The van der Waals surface area contributed by atoms with E-state index in [1.54, 1.807) is 31.1 Å². The molecule has 2 aliphatic rings. The third kappa shape index (κ3) is 8.35. The lowest BCUT2D eigenvalue weighted by atomic mass is 9.87. The summed E-state index contributed by atoms with van der Waals surface area (Å²) in [4.78, 5) is 41.0. The molecule has 0 spiro atoms. The van der Waals surface area contributed by atoms with Gasteiger partial charge in [-0.25, -0.2) is 4.39 Å². The van der Waals surface area contributed by atoms with Crippen LogP contribution in [0.2, 0.25) is 0 Å². The molecule has 7 nitrogen and oxygen atoms in total. The molecule has 5 rings (SSSR count). The third-order valence-corrected chi connectivity index (χ3v) is 9.45. The van der Waals surface area contributed by atoms with Crippen molar-refractivity contribution < 1.29 is 32.3 Å². The van der Waals surface area contributed by atoms with E-state index in [4.69, 9.17) is 0 Å². The van der Waals surface area contributed by atoms with E-state index in [0.29, 0.717) is 30.4 Å². The largest absolute Gasteiger partial charge is 0.481 e. The van der Waals surface area contributed by atoms with Crippen LogP contribution in [-0.4, -0.2) is 47.1 Å². The van der Waals surface area contributed by atoms with Gasteiger partial charge in [-0.1, -0.05) is 37.5 Å². The van der Waals surface area contributed by atoms with E-state index in [2.05, 4.69) is 17.4 Å².